The Labute approximate surface area is 72.9 Å². The molecule has 0 radical (unpaired) electrons. The number of hydrogen-bond acceptors (Lipinski definition) is 3. The molecule has 0 fully saturated rings. The van der Waals surface area contributed by atoms with Crippen LogP contribution in [-0.4, -0.2) is 11.5 Å². The molecule has 1 aromatic heterocycles. The van der Waals surface area contributed by atoms with E-state index in [2.05, 4.69) is 9.72 Å². The Hall–Kier alpha value is -0.800. The van der Waals surface area contributed by atoms with Crippen molar-refractivity contribution in [1.82, 2.24) is 4.98 Å². The molecule has 0 aliphatic heterocycles. The second-order valence-corrected chi connectivity index (χ2v) is 2.44. The fraction of sp³-hybridized carbons (Fsp3) is 0. The fourth-order valence-corrected chi connectivity index (χ4v) is 1.01. The van der Waals surface area contributed by atoms with Crippen molar-refractivity contribution in [2.45, 2.75) is 0 Å². The van der Waals surface area contributed by atoms with Crippen LogP contribution in [0.4, 0.5) is 0 Å². The van der Waals surface area contributed by atoms with E-state index in [1.54, 1.807) is 0 Å². The first-order valence-electron chi connectivity index (χ1n) is 2.66. The zero-order chi connectivity index (χ0) is 8.27. The van der Waals surface area contributed by atoms with E-state index in [0.717, 1.165) is 0 Å². The standard InChI is InChI=1S/C6H3Cl2NO2/c7-5-1-4(11-3-10)2-6(8)9-5/h1-3H. The Morgan fingerprint density at radius 1 is 1.36 bits per heavy atom. The van der Waals surface area contributed by atoms with Crippen LogP contribution in [-0.2, 0) is 4.79 Å². The molecule has 0 spiro atoms. The lowest BCUT2D eigenvalue weighted by atomic mass is 10.4. The third kappa shape index (κ3) is 2.37. The number of carbonyl (C=O) groups is 1. The fourth-order valence-electron chi connectivity index (χ4n) is 0.567. The lowest BCUT2D eigenvalue weighted by Crippen LogP contribution is -1.89. The van der Waals surface area contributed by atoms with E-state index < -0.39 is 0 Å². The highest BCUT2D eigenvalue weighted by molar-refractivity contribution is 6.32. The monoisotopic (exact) mass is 191 g/mol. The number of hydrogen-bond donors (Lipinski definition) is 0. The lowest BCUT2D eigenvalue weighted by molar-refractivity contribution is -0.120. The zero-order valence-electron chi connectivity index (χ0n) is 5.25. The van der Waals surface area contributed by atoms with E-state index in [9.17, 15) is 4.79 Å². The zero-order valence-corrected chi connectivity index (χ0v) is 6.76. The molecule has 0 aromatic carbocycles. The summed E-state index contributed by atoms with van der Waals surface area (Å²) in [7, 11) is 0. The highest BCUT2D eigenvalue weighted by atomic mass is 35.5. The topological polar surface area (TPSA) is 39.2 Å². The van der Waals surface area contributed by atoms with Crippen molar-refractivity contribution in [3.63, 3.8) is 0 Å². The molecule has 0 unspecified atom stereocenters. The second kappa shape index (κ2) is 3.55. The normalized spacial score (nSPS) is 9.27. The average Bonchev–Trinajstić information content (AvgIpc) is 1.85. The summed E-state index contributed by atoms with van der Waals surface area (Å²) in [5, 5.41) is 0.378. The van der Waals surface area contributed by atoms with Crippen molar-refractivity contribution >= 4 is 29.7 Å². The number of aromatic nitrogens is 1. The van der Waals surface area contributed by atoms with Crippen molar-refractivity contribution in [3.05, 3.63) is 22.4 Å². The van der Waals surface area contributed by atoms with Gasteiger partial charge in [-0.15, -0.1) is 0 Å². The number of ether oxygens (including phenoxy) is 1. The van der Waals surface area contributed by atoms with Crippen LogP contribution >= 0.6 is 23.2 Å². The Balaban J connectivity index is 2.98. The maximum Gasteiger partial charge on any atom is 0.298 e. The average molecular weight is 192 g/mol. The molecule has 0 aliphatic rings. The predicted molar refractivity (Wildman–Crippen MR) is 40.9 cm³/mol. The Bertz CT molecular complexity index is 257. The molecule has 0 N–H and O–H groups in total. The van der Waals surface area contributed by atoms with Crippen LogP contribution in [0.25, 0.3) is 0 Å². The van der Waals surface area contributed by atoms with Gasteiger partial charge in [-0.05, 0) is 0 Å². The minimum absolute atomic E-state index is 0.189. The molecule has 0 atom stereocenters. The molecule has 1 heterocycles. The van der Waals surface area contributed by atoms with Crippen LogP contribution in [0.1, 0.15) is 0 Å². The number of carbonyl (C=O) groups excluding carboxylic acids is 1. The van der Waals surface area contributed by atoms with Crippen molar-refractivity contribution in [2.75, 3.05) is 0 Å². The molecule has 1 aromatic rings. The maximum absolute atomic E-state index is 9.87. The minimum atomic E-state index is 0.189. The van der Waals surface area contributed by atoms with Gasteiger partial charge in [0.1, 0.15) is 16.1 Å². The van der Waals surface area contributed by atoms with Crippen LogP contribution in [0.5, 0.6) is 5.75 Å². The van der Waals surface area contributed by atoms with Crippen molar-refractivity contribution in [2.24, 2.45) is 0 Å². The predicted octanol–water partition coefficient (Wildman–Crippen LogP) is 1.92. The van der Waals surface area contributed by atoms with Crippen molar-refractivity contribution in [1.29, 1.82) is 0 Å². The van der Waals surface area contributed by atoms with Crippen LogP contribution in [0.15, 0.2) is 12.1 Å². The molecule has 0 bridgehead atoms. The molecule has 0 amide bonds. The molecule has 11 heavy (non-hydrogen) atoms. The van der Waals surface area contributed by atoms with E-state index >= 15 is 0 Å². The molecule has 1 rings (SSSR count). The van der Waals surface area contributed by atoms with Gasteiger partial charge in [-0.2, -0.15) is 0 Å². The maximum atomic E-state index is 9.87. The summed E-state index contributed by atoms with van der Waals surface area (Å²) in [5.74, 6) is 0.282. The van der Waals surface area contributed by atoms with E-state index in [1.165, 1.54) is 12.1 Å². The highest BCUT2D eigenvalue weighted by Gasteiger charge is 1.98. The van der Waals surface area contributed by atoms with Gasteiger partial charge in [-0.25, -0.2) is 4.98 Å². The van der Waals surface area contributed by atoms with Crippen LogP contribution < -0.4 is 4.74 Å². The summed E-state index contributed by atoms with van der Waals surface area (Å²) < 4.78 is 4.48. The summed E-state index contributed by atoms with van der Waals surface area (Å²) in [4.78, 5) is 13.5. The van der Waals surface area contributed by atoms with E-state index in [1.807, 2.05) is 0 Å². The van der Waals surface area contributed by atoms with Gasteiger partial charge in [-0.1, -0.05) is 23.2 Å². The van der Waals surface area contributed by atoms with Gasteiger partial charge in [0.25, 0.3) is 6.47 Å². The van der Waals surface area contributed by atoms with Gasteiger partial charge in [-0.3, -0.25) is 4.79 Å². The Morgan fingerprint density at radius 2 is 1.91 bits per heavy atom. The highest BCUT2D eigenvalue weighted by Crippen LogP contribution is 2.19. The Morgan fingerprint density at radius 3 is 2.36 bits per heavy atom. The van der Waals surface area contributed by atoms with E-state index in [0.29, 0.717) is 6.47 Å². The third-order valence-electron chi connectivity index (χ3n) is 0.921. The first-order valence-corrected chi connectivity index (χ1v) is 3.41. The molecule has 5 heteroatoms. The van der Waals surface area contributed by atoms with Crippen LogP contribution in [0, 0.1) is 0 Å². The molecular formula is C6H3Cl2NO2. The van der Waals surface area contributed by atoms with E-state index in [-0.39, 0.29) is 16.1 Å². The van der Waals surface area contributed by atoms with Gasteiger partial charge in [0, 0.05) is 12.1 Å². The minimum Gasteiger partial charge on any atom is -0.429 e. The van der Waals surface area contributed by atoms with Crippen molar-refractivity contribution < 1.29 is 9.53 Å². The molecule has 0 saturated heterocycles. The third-order valence-corrected chi connectivity index (χ3v) is 1.31. The number of nitrogens with zero attached hydrogens (tertiary/aromatic N) is 1. The van der Waals surface area contributed by atoms with Crippen LogP contribution in [0.2, 0.25) is 10.3 Å². The van der Waals surface area contributed by atoms with Gasteiger partial charge in [0.2, 0.25) is 0 Å². The summed E-state index contributed by atoms with van der Waals surface area (Å²) in [6, 6.07) is 2.78. The van der Waals surface area contributed by atoms with Gasteiger partial charge >= 0.3 is 0 Å². The number of pyridine rings is 1. The molecule has 0 saturated carbocycles. The quantitative estimate of drug-likeness (QED) is 0.530. The first kappa shape index (κ1) is 8.30. The lowest BCUT2D eigenvalue weighted by Gasteiger charge is -1.97. The smallest absolute Gasteiger partial charge is 0.298 e. The molecule has 58 valence electrons. The summed E-state index contributed by atoms with van der Waals surface area (Å²) >= 11 is 11.0. The first-order chi connectivity index (χ1) is 5.22. The van der Waals surface area contributed by atoms with E-state index in [4.69, 9.17) is 23.2 Å². The molecule has 3 nitrogen and oxygen atoms in total. The Kier molecular flexibility index (Phi) is 2.68. The second-order valence-electron chi connectivity index (χ2n) is 1.66. The molecular weight excluding hydrogens is 189 g/mol. The van der Waals surface area contributed by atoms with Crippen molar-refractivity contribution in [3.8, 4) is 5.75 Å². The van der Waals surface area contributed by atoms with Gasteiger partial charge in [0.15, 0.2) is 0 Å². The summed E-state index contributed by atoms with van der Waals surface area (Å²) in [6.07, 6.45) is 0. The van der Waals surface area contributed by atoms with Crippen LogP contribution in [0.3, 0.4) is 0 Å². The summed E-state index contributed by atoms with van der Waals surface area (Å²) in [6.45, 7) is 0.294. The number of rotatable bonds is 2. The largest absolute Gasteiger partial charge is 0.429 e. The van der Waals surface area contributed by atoms with Gasteiger partial charge < -0.3 is 4.74 Å². The molecule has 0 aliphatic carbocycles. The summed E-state index contributed by atoms with van der Waals surface area (Å²) in [5.41, 5.74) is 0. The SMILES string of the molecule is O=COc1cc(Cl)nc(Cl)c1. The number of halogens is 2. The van der Waals surface area contributed by atoms with Gasteiger partial charge in [0.05, 0.1) is 0 Å².